The largest absolute Gasteiger partial charge is 0.419 e. The van der Waals surface area contributed by atoms with Crippen molar-refractivity contribution in [3.05, 3.63) is 72.3 Å². The van der Waals surface area contributed by atoms with Crippen molar-refractivity contribution < 1.29 is 35.1 Å². The Morgan fingerprint density at radius 3 is 1.00 bits per heavy atom. The number of rotatable bonds is 3. The Labute approximate surface area is 143 Å². The molecule has 0 saturated heterocycles. The van der Waals surface area contributed by atoms with Gasteiger partial charge in [-0.25, -0.2) is 8.78 Å². The van der Waals surface area contributed by atoms with Crippen LogP contribution in [0.1, 0.15) is 11.1 Å². The van der Waals surface area contributed by atoms with Crippen molar-refractivity contribution in [1.82, 2.24) is 0 Å². The van der Waals surface area contributed by atoms with Gasteiger partial charge in [0.05, 0.1) is 23.8 Å². The van der Waals surface area contributed by atoms with E-state index >= 15 is 0 Å². The van der Waals surface area contributed by atoms with Crippen LogP contribution in [0.2, 0.25) is 0 Å². The monoisotopic (exact) mass is 378 g/mol. The highest BCUT2D eigenvalue weighted by atomic mass is 19.4. The summed E-state index contributed by atoms with van der Waals surface area (Å²) in [6.45, 7) is 0. The number of hydrogen-bond acceptors (Lipinski definition) is 0. The molecule has 0 bridgehead atoms. The molecular formula is C18H10F8. The number of hydrogen-bond donors (Lipinski definition) is 0. The SMILES string of the molecule is F/C=C(\c1ccc(-c2ccc(/C(=C\F)C(F)(F)F)cc2)cc1)C(F)(F)F. The van der Waals surface area contributed by atoms with E-state index in [2.05, 4.69) is 0 Å². The molecule has 0 aliphatic heterocycles. The lowest BCUT2D eigenvalue weighted by molar-refractivity contribution is -0.0704. The van der Waals surface area contributed by atoms with Crippen molar-refractivity contribution in [3.63, 3.8) is 0 Å². The van der Waals surface area contributed by atoms with E-state index in [-0.39, 0.29) is 11.1 Å². The molecule has 8 heteroatoms. The topological polar surface area (TPSA) is 0 Å². The summed E-state index contributed by atoms with van der Waals surface area (Å²) in [4.78, 5) is 0. The summed E-state index contributed by atoms with van der Waals surface area (Å²) in [6, 6.07) is 9.28. The van der Waals surface area contributed by atoms with Crippen LogP contribution in [0.15, 0.2) is 61.2 Å². The van der Waals surface area contributed by atoms with Crippen molar-refractivity contribution in [2.24, 2.45) is 0 Å². The van der Waals surface area contributed by atoms with E-state index in [1.165, 1.54) is 24.3 Å². The summed E-state index contributed by atoms with van der Waals surface area (Å²) in [5.74, 6) is 0. The third-order valence-corrected chi connectivity index (χ3v) is 3.55. The van der Waals surface area contributed by atoms with Gasteiger partial charge in [-0.3, -0.25) is 0 Å². The molecule has 0 fully saturated rings. The minimum absolute atomic E-state index is 0.389. The van der Waals surface area contributed by atoms with E-state index in [0.717, 1.165) is 24.3 Å². The molecule has 0 heterocycles. The zero-order valence-corrected chi connectivity index (χ0v) is 12.8. The van der Waals surface area contributed by atoms with E-state index < -0.39 is 36.2 Å². The Balaban J connectivity index is 2.31. The van der Waals surface area contributed by atoms with Crippen LogP contribution in [0.5, 0.6) is 0 Å². The zero-order chi connectivity index (χ0) is 19.5. The molecule has 0 aliphatic carbocycles. The van der Waals surface area contributed by atoms with E-state index in [1.807, 2.05) is 0 Å². The molecule has 2 aromatic carbocycles. The van der Waals surface area contributed by atoms with Gasteiger partial charge < -0.3 is 0 Å². The molecule has 0 amide bonds. The molecule has 0 radical (unpaired) electrons. The summed E-state index contributed by atoms with van der Waals surface area (Å²) in [5.41, 5.74) is -2.86. The van der Waals surface area contributed by atoms with Gasteiger partial charge in [0.2, 0.25) is 0 Å². The normalized spacial score (nSPS) is 13.8. The molecule has 26 heavy (non-hydrogen) atoms. The van der Waals surface area contributed by atoms with Gasteiger partial charge in [0.1, 0.15) is 0 Å². The first-order valence-electron chi connectivity index (χ1n) is 7.04. The Morgan fingerprint density at radius 2 is 0.808 bits per heavy atom. The van der Waals surface area contributed by atoms with Crippen molar-refractivity contribution >= 4 is 11.1 Å². The summed E-state index contributed by atoms with van der Waals surface area (Å²) >= 11 is 0. The number of alkyl halides is 6. The lowest BCUT2D eigenvalue weighted by atomic mass is 9.98. The maximum atomic E-state index is 12.6. The standard InChI is InChI=1S/C18H10F8/c19-9-15(17(21,22)23)13-5-1-11(2-6-13)12-3-7-14(8-4-12)16(10-20)18(24,25)26/h1-10H/b15-9+,16-10+. The van der Waals surface area contributed by atoms with Gasteiger partial charge in [-0.2, -0.15) is 26.3 Å². The third-order valence-electron chi connectivity index (χ3n) is 3.55. The van der Waals surface area contributed by atoms with Gasteiger partial charge in [0, 0.05) is 0 Å². The summed E-state index contributed by atoms with van der Waals surface area (Å²) < 4.78 is 101. The molecule has 2 aromatic rings. The minimum atomic E-state index is -4.86. The summed E-state index contributed by atoms with van der Waals surface area (Å²) in [5, 5.41) is 0. The van der Waals surface area contributed by atoms with E-state index in [4.69, 9.17) is 0 Å². The first-order chi connectivity index (χ1) is 12.1. The smallest absolute Gasteiger partial charge is 0.215 e. The van der Waals surface area contributed by atoms with Crippen LogP contribution in [0.25, 0.3) is 22.3 Å². The molecule has 0 nitrogen and oxygen atoms in total. The van der Waals surface area contributed by atoms with Crippen molar-refractivity contribution in [2.45, 2.75) is 12.4 Å². The van der Waals surface area contributed by atoms with E-state index in [0.29, 0.717) is 11.1 Å². The Kier molecular flexibility index (Phi) is 5.53. The van der Waals surface area contributed by atoms with Crippen LogP contribution >= 0.6 is 0 Å². The van der Waals surface area contributed by atoms with Crippen LogP contribution in [0.3, 0.4) is 0 Å². The molecular weight excluding hydrogens is 368 g/mol. The van der Waals surface area contributed by atoms with Crippen molar-refractivity contribution in [1.29, 1.82) is 0 Å². The lowest BCUT2D eigenvalue weighted by Crippen LogP contribution is -2.10. The van der Waals surface area contributed by atoms with Gasteiger partial charge in [0.15, 0.2) is 0 Å². The second kappa shape index (κ2) is 7.31. The molecule has 0 N–H and O–H groups in total. The second-order valence-corrected chi connectivity index (χ2v) is 5.20. The number of halogens is 8. The van der Waals surface area contributed by atoms with Crippen LogP contribution in [-0.2, 0) is 0 Å². The van der Waals surface area contributed by atoms with Crippen molar-refractivity contribution in [3.8, 4) is 11.1 Å². The molecule has 0 spiro atoms. The highest BCUT2D eigenvalue weighted by Crippen LogP contribution is 2.36. The van der Waals surface area contributed by atoms with Crippen LogP contribution in [0.4, 0.5) is 35.1 Å². The predicted octanol–water partition coefficient (Wildman–Crippen LogP) is 7.10. The third kappa shape index (κ3) is 4.30. The fourth-order valence-corrected chi connectivity index (χ4v) is 2.26. The molecule has 0 unspecified atom stereocenters. The van der Waals surface area contributed by atoms with Gasteiger partial charge in [-0.05, 0) is 22.3 Å². The molecule has 0 atom stereocenters. The Hall–Kier alpha value is -2.64. The lowest BCUT2D eigenvalue weighted by Gasteiger charge is -2.12. The van der Waals surface area contributed by atoms with Gasteiger partial charge in [-0.15, -0.1) is 0 Å². The fraction of sp³-hybridized carbons (Fsp3) is 0.111. The quantitative estimate of drug-likeness (QED) is 0.500. The molecule has 0 aliphatic rings. The van der Waals surface area contributed by atoms with Gasteiger partial charge >= 0.3 is 12.4 Å². The average molecular weight is 378 g/mol. The fourth-order valence-electron chi connectivity index (χ4n) is 2.26. The first kappa shape index (κ1) is 19.7. The molecule has 0 saturated carbocycles. The van der Waals surface area contributed by atoms with Crippen molar-refractivity contribution in [2.75, 3.05) is 0 Å². The zero-order valence-electron chi connectivity index (χ0n) is 12.8. The maximum Gasteiger partial charge on any atom is 0.419 e. The Morgan fingerprint density at radius 1 is 0.538 bits per heavy atom. The summed E-state index contributed by atoms with van der Waals surface area (Å²) in [6.07, 6.45) is -10.8. The second-order valence-electron chi connectivity index (χ2n) is 5.20. The minimum Gasteiger partial charge on any atom is -0.215 e. The van der Waals surface area contributed by atoms with E-state index in [9.17, 15) is 35.1 Å². The molecule has 2 rings (SSSR count). The number of benzene rings is 2. The Bertz CT molecular complexity index is 735. The molecule has 138 valence electrons. The van der Waals surface area contributed by atoms with Crippen LogP contribution in [0, 0.1) is 0 Å². The average Bonchev–Trinajstić information content (AvgIpc) is 2.55. The van der Waals surface area contributed by atoms with Crippen LogP contribution in [-0.4, -0.2) is 12.4 Å². The molecule has 0 aromatic heterocycles. The maximum absolute atomic E-state index is 12.6. The first-order valence-corrected chi connectivity index (χ1v) is 7.04. The van der Waals surface area contributed by atoms with Gasteiger partial charge in [0.25, 0.3) is 0 Å². The number of allylic oxidation sites excluding steroid dienone is 2. The highest BCUT2D eigenvalue weighted by Gasteiger charge is 2.35. The van der Waals surface area contributed by atoms with Gasteiger partial charge in [-0.1, -0.05) is 48.5 Å². The summed E-state index contributed by atoms with van der Waals surface area (Å²) in [7, 11) is 0. The highest BCUT2D eigenvalue weighted by molar-refractivity contribution is 5.74. The van der Waals surface area contributed by atoms with Crippen LogP contribution < -0.4 is 0 Å². The predicted molar refractivity (Wildman–Crippen MR) is 82.2 cm³/mol. The van der Waals surface area contributed by atoms with E-state index in [1.54, 1.807) is 0 Å².